The number of hydrogen-bond acceptors (Lipinski definition) is 3. The van der Waals surface area contributed by atoms with Crippen LogP contribution < -0.4 is 5.32 Å². The minimum Gasteiger partial charge on any atom is -0.313 e. The summed E-state index contributed by atoms with van der Waals surface area (Å²) < 4.78 is 23.5. The first-order valence-corrected chi connectivity index (χ1v) is 8.70. The van der Waals surface area contributed by atoms with Crippen molar-refractivity contribution < 1.29 is 8.42 Å². The summed E-state index contributed by atoms with van der Waals surface area (Å²) in [7, 11) is -2.83. The first-order valence-electron chi connectivity index (χ1n) is 6.98. The second-order valence-electron chi connectivity index (χ2n) is 5.57. The zero-order valence-corrected chi connectivity index (χ0v) is 12.5. The van der Waals surface area contributed by atoms with Crippen molar-refractivity contribution in [3.8, 4) is 0 Å². The van der Waals surface area contributed by atoms with Crippen molar-refractivity contribution in [1.82, 2.24) is 5.32 Å². The average molecular weight is 281 g/mol. The molecule has 1 aliphatic heterocycles. The van der Waals surface area contributed by atoms with Crippen molar-refractivity contribution in [2.75, 3.05) is 12.3 Å². The van der Waals surface area contributed by atoms with Gasteiger partial charge < -0.3 is 5.32 Å². The smallest absolute Gasteiger partial charge is 0.154 e. The number of sulfone groups is 1. The Hall–Kier alpha value is -0.870. The average Bonchev–Trinajstić information content (AvgIpc) is 2.69. The van der Waals surface area contributed by atoms with E-state index >= 15 is 0 Å². The predicted octanol–water partition coefficient (Wildman–Crippen LogP) is 2.09. The molecule has 2 rings (SSSR count). The first-order chi connectivity index (χ1) is 8.99. The third kappa shape index (κ3) is 3.80. The number of aryl methyl sites for hydroxylation is 1. The molecule has 0 amide bonds. The summed E-state index contributed by atoms with van der Waals surface area (Å²) in [6.45, 7) is 4.83. The zero-order chi connectivity index (χ0) is 13.9. The summed E-state index contributed by atoms with van der Waals surface area (Å²) in [6, 6.07) is 8.65. The molecule has 19 heavy (non-hydrogen) atoms. The fourth-order valence-electron chi connectivity index (χ4n) is 2.66. The van der Waals surface area contributed by atoms with Gasteiger partial charge in [-0.15, -0.1) is 0 Å². The number of benzene rings is 1. The van der Waals surface area contributed by atoms with Crippen LogP contribution in [-0.4, -0.2) is 32.0 Å². The van der Waals surface area contributed by atoms with Crippen LogP contribution in [0.1, 0.15) is 30.9 Å². The van der Waals surface area contributed by atoms with E-state index in [1.165, 1.54) is 11.1 Å². The van der Waals surface area contributed by atoms with Gasteiger partial charge >= 0.3 is 0 Å². The molecule has 0 radical (unpaired) electrons. The maximum Gasteiger partial charge on any atom is 0.154 e. The van der Waals surface area contributed by atoms with Gasteiger partial charge in [-0.25, -0.2) is 8.42 Å². The molecule has 0 unspecified atom stereocenters. The van der Waals surface area contributed by atoms with Crippen molar-refractivity contribution in [3.05, 3.63) is 35.4 Å². The molecule has 106 valence electrons. The van der Waals surface area contributed by atoms with Crippen molar-refractivity contribution >= 4 is 9.84 Å². The van der Waals surface area contributed by atoms with Crippen LogP contribution >= 0.6 is 0 Å². The zero-order valence-electron chi connectivity index (χ0n) is 11.7. The van der Waals surface area contributed by atoms with Gasteiger partial charge in [0.15, 0.2) is 9.84 Å². The number of nitrogens with one attached hydrogen (secondary N) is 1. The maximum atomic E-state index is 11.7. The summed E-state index contributed by atoms with van der Waals surface area (Å²) in [5.74, 6) is 0.367. The summed E-state index contributed by atoms with van der Waals surface area (Å²) in [6.07, 6.45) is 2.58. The summed E-state index contributed by atoms with van der Waals surface area (Å²) in [4.78, 5) is 0. The quantitative estimate of drug-likeness (QED) is 0.899. The highest BCUT2D eigenvalue weighted by Gasteiger charge is 2.30. The van der Waals surface area contributed by atoms with E-state index in [1.807, 2.05) is 6.07 Å². The van der Waals surface area contributed by atoms with Crippen LogP contribution in [0, 0.1) is 6.92 Å². The Kier molecular flexibility index (Phi) is 4.63. The van der Waals surface area contributed by atoms with Gasteiger partial charge in [-0.2, -0.15) is 0 Å². The van der Waals surface area contributed by atoms with E-state index < -0.39 is 9.84 Å². The van der Waals surface area contributed by atoms with E-state index in [0.29, 0.717) is 18.3 Å². The Labute approximate surface area is 116 Å². The molecule has 1 fully saturated rings. The third-order valence-electron chi connectivity index (χ3n) is 3.94. The minimum atomic E-state index is -2.83. The molecule has 0 saturated carbocycles. The van der Waals surface area contributed by atoms with Crippen LogP contribution in [0.25, 0.3) is 0 Å². The van der Waals surface area contributed by atoms with E-state index in [-0.39, 0.29) is 5.25 Å². The Balaban J connectivity index is 1.85. The van der Waals surface area contributed by atoms with Gasteiger partial charge in [0.05, 0.1) is 11.0 Å². The molecule has 1 aromatic carbocycles. The molecule has 1 heterocycles. The lowest BCUT2D eigenvalue weighted by molar-refractivity contribution is 0.521. The number of rotatable bonds is 5. The molecule has 3 nitrogen and oxygen atoms in total. The molecular weight excluding hydrogens is 258 g/mol. The van der Waals surface area contributed by atoms with E-state index in [2.05, 4.69) is 37.4 Å². The van der Waals surface area contributed by atoms with E-state index in [4.69, 9.17) is 0 Å². The van der Waals surface area contributed by atoms with Gasteiger partial charge in [0.25, 0.3) is 0 Å². The van der Waals surface area contributed by atoms with Crippen molar-refractivity contribution in [2.45, 2.75) is 44.4 Å². The highest BCUT2D eigenvalue weighted by molar-refractivity contribution is 7.92. The highest BCUT2D eigenvalue weighted by atomic mass is 32.2. The van der Waals surface area contributed by atoms with Gasteiger partial charge in [-0.1, -0.05) is 24.3 Å². The number of hydrogen-bond donors (Lipinski definition) is 1. The third-order valence-corrected chi connectivity index (χ3v) is 6.22. The topological polar surface area (TPSA) is 46.2 Å². The molecule has 0 aromatic heterocycles. The van der Waals surface area contributed by atoms with E-state index in [9.17, 15) is 8.42 Å². The Morgan fingerprint density at radius 3 is 2.74 bits per heavy atom. The summed E-state index contributed by atoms with van der Waals surface area (Å²) in [5, 5.41) is 3.20. The van der Waals surface area contributed by atoms with E-state index in [0.717, 1.165) is 19.3 Å². The lowest BCUT2D eigenvalue weighted by Gasteiger charge is -2.18. The lowest BCUT2D eigenvalue weighted by atomic mass is 10.0. The molecule has 0 bridgehead atoms. The normalized spacial score (nSPS) is 23.4. The predicted molar refractivity (Wildman–Crippen MR) is 79.2 cm³/mol. The monoisotopic (exact) mass is 281 g/mol. The standard InChI is InChI=1S/C15H23NO2S/c1-12-6-3-4-7-14(12)10-13(2)16-11-15-8-5-9-19(15,17)18/h3-4,6-7,13,15-16H,5,8-11H2,1-2H3/t13-,15+/m0/s1. The van der Waals surface area contributed by atoms with Gasteiger partial charge in [-0.3, -0.25) is 0 Å². The van der Waals surface area contributed by atoms with Crippen LogP contribution in [0.2, 0.25) is 0 Å². The van der Waals surface area contributed by atoms with Crippen molar-refractivity contribution in [3.63, 3.8) is 0 Å². The molecule has 1 aromatic rings. The summed E-state index contributed by atoms with van der Waals surface area (Å²) >= 11 is 0. The molecule has 0 aliphatic carbocycles. The van der Waals surface area contributed by atoms with Crippen molar-refractivity contribution in [2.24, 2.45) is 0 Å². The second kappa shape index (κ2) is 6.06. The maximum absolute atomic E-state index is 11.7. The van der Waals surface area contributed by atoms with Gasteiger partial charge in [-0.05, 0) is 44.2 Å². The van der Waals surface area contributed by atoms with Crippen LogP contribution in [0.5, 0.6) is 0 Å². The lowest BCUT2D eigenvalue weighted by Crippen LogP contribution is -2.37. The Bertz CT molecular complexity index is 525. The molecule has 0 spiro atoms. The van der Waals surface area contributed by atoms with Crippen LogP contribution in [-0.2, 0) is 16.3 Å². The van der Waals surface area contributed by atoms with Crippen LogP contribution in [0.3, 0.4) is 0 Å². The molecule has 1 saturated heterocycles. The van der Waals surface area contributed by atoms with Gasteiger partial charge in [0.2, 0.25) is 0 Å². The van der Waals surface area contributed by atoms with Crippen LogP contribution in [0.4, 0.5) is 0 Å². The van der Waals surface area contributed by atoms with Gasteiger partial charge in [0.1, 0.15) is 0 Å². The second-order valence-corrected chi connectivity index (χ2v) is 7.97. The van der Waals surface area contributed by atoms with Crippen molar-refractivity contribution in [1.29, 1.82) is 0 Å². The molecule has 1 aliphatic rings. The Morgan fingerprint density at radius 2 is 2.11 bits per heavy atom. The molecule has 2 atom stereocenters. The molecule has 4 heteroatoms. The van der Waals surface area contributed by atoms with Crippen LogP contribution in [0.15, 0.2) is 24.3 Å². The van der Waals surface area contributed by atoms with Gasteiger partial charge in [0, 0.05) is 12.6 Å². The minimum absolute atomic E-state index is 0.174. The fourth-order valence-corrected chi connectivity index (χ4v) is 4.44. The first kappa shape index (κ1) is 14.5. The molecular formula is C15H23NO2S. The highest BCUT2D eigenvalue weighted by Crippen LogP contribution is 2.19. The SMILES string of the molecule is Cc1ccccc1C[C@H](C)NC[C@H]1CCCS1(=O)=O. The molecule has 1 N–H and O–H groups in total. The van der Waals surface area contributed by atoms with E-state index in [1.54, 1.807) is 0 Å². The largest absolute Gasteiger partial charge is 0.313 e. The fraction of sp³-hybridized carbons (Fsp3) is 0.600. The Morgan fingerprint density at radius 1 is 1.37 bits per heavy atom. The summed E-state index contributed by atoms with van der Waals surface area (Å²) in [5.41, 5.74) is 2.63.